The first-order valence-electron chi connectivity index (χ1n) is 3.55. The fourth-order valence-corrected chi connectivity index (χ4v) is 1.25. The largest absolute Gasteiger partial charge is 0.495 e. The maximum Gasteiger partial charge on any atom is 0.139 e. The van der Waals surface area contributed by atoms with Gasteiger partial charge in [-0.15, -0.1) is 0 Å². The molecule has 0 heterocycles. The van der Waals surface area contributed by atoms with E-state index in [1.165, 1.54) is 14.2 Å². The van der Waals surface area contributed by atoms with Crippen molar-refractivity contribution in [3.63, 3.8) is 0 Å². The van der Waals surface area contributed by atoms with Crippen LogP contribution < -0.4 is 9.47 Å². The Kier molecular flexibility index (Phi) is 2.99. The molecule has 0 saturated heterocycles. The molecule has 1 aromatic carbocycles. The lowest BCUT2D eigenvalue weighted by Crippen LogP contribution is -1.91. The monoisotopic (exact) mass is 197 g/mol. The highest BCUT2D eigenvalue weighted by atomic mass is 35.5. The molecule has 0 fully saturated rings. The van der Waals surface area contributed by atoms with E-state index in [-0.39, 0.29) is 5.02 Å². The zero-order chi connectivity index (χ0) is 9.84. The predicted octanol–water partition coefficient (Wildman–Crippen LogP) is 2.23. The third-order valence-corrected chi connectivity index (χ3v) is 2.00. The molecule has 0 aliphatic heterocycles. The Labute approximate surface area is 81.4 Å². The number of benzene rings is 1. The molecule has 68 valence electrons. The number of rotatable bonds is 2. The molecular weight excluding hydrogens is 190 g/mol. The van der Waals surface area contributed by atoms with Crippen molar-refractivity contribution in [3.05, 3.63) is 22.7 Å². The SMILES string of the molecule is COc1ccc(OC)c(C#N)c1Cl. The summed E-state index contributed by atoms with van der Waals surface area (Å²) in [5, 5.41) is 9.06. The molecule has 0 aliphatic rings. The van der Waals surface area contributed by atoms with Gasteiger partial charge in [-0.1, -0.05) is 11.6 Å². The Morgan fingerprint density at radius 1 is 1.23 bits per heavy atom. The van der Waals surface area contributed by atoms with Gasteiger partial charge in [0.2, 0.25) is 0 Å². The second-order valence-corrected chi connectivity index (χ2v) is 2.65. The average Bonchev–Trinajstić information content (AvgIpc) is 2.17. The van der Waals surface area contributed by atoms with Crippen LogP contribution in [0.4, 0.5) is 0 Å². The van der Waals surface area contributed by atoms with Crippen LogP contribution in [0.1, 0.15) is 5.56 Å². The van der Waals surface area contributed by atoms with Gasteiger partial charge in [0, 0.05) is 0 Å². The van der Waals surface area contributed by atoms with Crippen LogP contribution in [0.5, 0.6) is 11.5 Å². The number of hydrogen-bond acceptors (Lipinski definition) is 3. The van der Waals surface area contributed by atoms with E-state index >= 15 is 0 Å². The van der Waals surface area contributed by atoms with E-state index in [0.717, 1.165) is 0 Å². The number of methoxy groups -OCH3 is 2. The zero-order valence-electron chi connectivity index (χ0n) is 7.30. The van der Waals surface area contributed by atoms with Crippen LogP contribution in [-0.2, 0) is 0 Å². The van der Waals surface area contributed by atoms with Crippen molar-refractivity contribution in [1.29, 1.82) is 5.26 Å². The highest BCUT2D eigenvalue weighted by Crippen LogP contribution is 2.33. The van der Waals surface area contributed by atoms with Crippen molar-refractivity contribution in [2.45, 2.75) is 0 Å². The topological polar surface area (TPSA) is 42.2 Å². The Morgan fingerprint density at radius 3 is 2.23 bits per heavy atom. The minimum Gasteiger partial charge on any atom is -0.495 e. The molecule has 0 radical (unpaired) electrons. The van der Waals surface area contributed by atoms with Gasteiger partial charge >= 0.3 is 0 Å². The van der Waals surface area contributed by atoms with Gasteiger partial charge in [0.25, 0.3) is 0 Å². The molecule has 1 aromatic rings. The number of halogens is 1. The highest BCUT2D eigenvalue weighted by Gasteiger charge is 2.11. The predicted molar refractivity (Wildman–Crippen MR) is 49.3 cm³/mol. The summed E-state index contributed by atoms with van der Waals surface area (Å²) in [6.45, 7) is 0. The summed E-state index contributed by atoms with van der Waals surface area (Å²) in [5.74, 6) is 0.923. The molecular formula is C9H8ClNO2. The van der Waals surface area contributed by atoms with Gasteiger partial charge in [0.1, 0.15) is 28.2 Å². The van der Waals surface area contributed by atoms with Crippen molar-refractivity contribution < 1.29 is 9.47 Å². The first-order chi connectivity index (χ1) is 6.24. The van der Waals surface area contributed by atoms with Crippen molar-refractivity contribution in [2.24, 2.45) is 0 Å². The minimum atomic E-state index is 0.282. The highest BCUT2D eigenvalue weighted by molar-refractivity contribution is 6.33. The number of ether oxygens (including phenoxy) is 2. The van der Waals surface area contributed by atoms with Crippen LogP contribution in [0.2, 0.25) is 5.02 Å². The van der Waals surface area contributed by atoms with Crippen LogP contribution in [0, 0.1) is 11.3 Å². The number of hydrogen-bond donors (Lipinski definition) is 0. The van der Waals surface area contributed by atoms with Crippen molar-refractivity contribution in [1.82, 2.24) is 0 Å². The summed E-state index contributed by atoms with van der Waals surface area (Å²) in [6, 6.07) is 5.25. The first-order valence-corrected chi connectivity index (χ1v) is 3.93. The minimum absolute atomic E-state index is 0.282. The fraction of sp³-hybridized carbons (Fsp3) is 0.222. The smallest absolute Gasteiger partial charge is 0.139 e. The van der Waals surface area contributed by atoms with Crippen LogP contribution in [0.3, 0.4) is 0 Å². The normalized spacial score (nSPS) is 9.08. The van der Waals surface area contributed by atoms with E-state index in [2.05, 4.69) is 0 Å². The Hall–Kier alpha value is -1.40. The zero-order valence-corrected chi connectivity index (χ0v) is 8.05. The van der Waals surface area contributed by atoms with Gasteiger partial charge < -0.3 is 9.47 Å². The Morgan fingerprint density at radius 2 is 1.77 bits per heavy atom. The molecule has 0 unspecified atom stereocenters. The summed E-state index contributed by atoms with van der Waals surface area (Å²) in [6.07, 6.45) is 0. The molecule has 13 heavy (non-hydrogen) atoms. The molecule has 1 rings (SSSR count). The lowest BCUT2D eigenvalue weighted by molar-refractivity contribution is 0.402. The second-order valence-electron chi connectivity index (χ2n) is 2.27. The van der Waals surface area contributed by atoms with Gasteiger partial charge in [-0.2, -0.15) is 5.26 Å². The van der Waals surface area contributed by atoms with Crippen LogP contribution >= 0.6 is 11.6 Å². The van der Waals surface area contributed by atoms with Crippen LogP contribution in [0.15, 0.2) is 12.1 Å². The second kappa shape index (κ2) is 4.01. The van der Waals surface area contributed by atoms with E-state index in [4.69, 9.17) is 26.3 Å². The van der Waals surface area contributed by atoms with E-state index in [1.807, 2.05) is 6.07 Å². The van der Waals surface area contributed by atoms with Crippen molar-refractivity contribution in [2.75, 3.05) is 14.2 Å². The van der Waals surface area contributed by atoms with Gasteiger partial charge in [-0.3, -0.25) is 0 Å². The van der Waals surface area contributed by atoms with Gasteiger partial charge in [-0.25, -0.2) is 0 Å². The molecule has 0 amide bonds. The van der Waals surface area contributed by atoms with Gasteiger partial charge in [-0.05, 0) is 12.1 Å². The molecule has 0 spiro atoms. The number of nitrogens with zero attached hydrogens (tertiary/aromatic N) is 1. The summed E-state index contributed by atoms with van der Waals surface area (Å²) in [4.78, 5) is 0. The summed E-state index contributed by atoms with van der Waals surface area (Å²) in [7, 11) is 2.98. The Balaban J connectivity index is 3.34. The third-order valence-electron chi connectivity index (χ3n) is 1.62. The summed E-state index contributed by atoms with van der Waals surface area (Å²) < 4.78 is 9.90. The van der Waals surface area contributed by atoms with Gasteiger partial charge in [0.05, 0.1) is 14.2 Å². The molecule has 3 nitrogen and oxygen atoms in total. The summed E-state index contributed by atoms with van der Waals surface area (Å²) in [5.41, 5.74) is 0.295. The standard InChI is InChI=1S/C9H8ClNO2/c1-12-7-3-4-8(13-2)9(10)6(7)5-11/h3-4H,1-2H3. The average molecular weight is 198 g/mol. The van der Waals surface area contributed by atoms with Crippen molar-refractivity contribution >= 4 is 11.6 Å². The summed E-state index contributed by atoms with van der Waals surface area (Å²) >= 11 is 5.87. The van der Waals surface area contributed by atoms with Crippen LogP contribution in [-0.4, -0.2) is 14.2 Å². The molecule has 0 atom stereocenters. The molecule has 0 N–H and O–H groups in total. The Bertz CT molecular complexity index is 357. The number of nitriles is 1. The first kappa shape index (κ1) is 9.69. The third kappa shape index (κ3) is 1.68. The molecule has 0 aromatic heterocycles. The quantitative estimate of drug-likeness (QED) is 0.730. The van der Waals surface area contributed by atoms with Crippen LogP contribution in [0.25, 0.3) is 0 Å². The maximum absolute atomic E-state index is 8.78. The van der Waals surface area contributed by atoms with E-state index < -0.39 is 0 Å². The molecule has 0 saturated carbocycles. The lowest BCUT2D eigenvalue weighted by atomic mass is 10.2. The molecule has 4 heteroatoms. The molecule has 0 aliphatic carbocycles. The molecule has 0 bridgehead atoms. The van der Waals surface area contributed by atoms with E-state index in [1.54, 1.807) is 12.1 Å². The van der Waals surface area contributed by atoms with Crippen molar-refractivity contribution in [3.8, 4) is 17.6 Å². The lowest BCUT2D eigenvalue weighted by Gasteiger charge is -2.07. The van der Waals surface area contributed by atoms with E-state index in [9.17, 15) is 0 Å². The maximum atomic E-state index is 8.78. The van der Waals surface area contributed by atoms with Gasteiger partial charge in [0.15, 0.2) is 0 Å². The van der Waals surface area contributed by atoms with E-state index in [0.29, 0.717) is 17.1 Å². The fourth-order valence-electron chi connectivity index (χ4n) is 0.971.